The molecule has 3 aromatic rings. The van der Waals surface area contributed by atoms with Gasteiger partial charge >= 0.3 is 0 Å². The number of aryl methyl sites for hydroxylation is 2. The lowest BCUT2D eigenvalue weighted by Crippen LogP contribution is -2.42. The number of piperidine rings is 1. The fourth-order valence-corrected chi connectivity index (χ4v) is 4.96. The molecule has 0 spiro atoms. The number of carbonyl (C=O) groups is 1. The van der Waals surface area contributed by atoms with Crippen molar-refractivity contribution in [3.8, 4) is 11.3 Å². The van der Waals surface area contributed by atoms with Gasteiger partial charge in [-0.25, -0.2) is 4.98 Å². The second kappa shape index (κ2) is 12.1. The zero-order chi connectivity index (χ0) is 25.5. The van der Waals surface area contributed by atoms with Crippen LogP contribution in [0.1, 0.15) is 67.5 Å². The van der Waals surface area contributed by atoms with E-state index in [1.807, 2.05) is 48.2 Å². The van der Waals surface area contributed by atoms with Crippen LogP contribution in [0.2, 0.25) is 0 Å². The van der Waals surface area contributed by atoms with Crippen molar-refractivity contribution in [2.45, 2.75) is 71.4 Å². The highest BCUT2D eigenvalue weighted by Gasteiger charge is 2.25. The Bertz CT molecular complexity index is 1220. The van der Waals surface area contributed by atoms with Crippen molar-refractivity contribution in [3.63, 3.8) is 0 Å². The molecule has 1 aromatic heterocycles. The highest BCUT2D eigenvalue weighted by molar-refractivity contribution is 5.76. The third-order valence-electron chi connectivity index (χ3n) is 7.18. The van der Waals surface area contributed by atoms with E-state index < -0.39 is 0 Å². The van der Waals surface area contributed by atoms with Crippen LogP contribution in [0.4, 0.5) is 0 Å². The van der Waals surface area contributed by atoms with Crippen molar-refractivity contribution in [1.82, 2.24) is 14.5 Å². The Morgan fingerprint density at radius 1 is 1.06 bits per heavy atom. The van der Waals surface area contributed by atoms with E-state index >= 15 is 0 Å². The van der Waals surface area contributed by atoms with Crippen LogP contribution in [-0.2, 0) is 24.4 Å². The van der Waals surface area contributed by atoms with Gasteiger partial charge in [-0.3, -0.25) is 14.2 Å². The minimum atomic E-state index is -0.170. The quantitative estimate of drug-likeness (QED) is 0.438. The summed E-state index contributed by atoms with van der Waals surface area (Å²) in [5, 5.41) is 9.44. The molecule has 0 unspecified atom stereocenters. The number of aliphatic hydroxyl groups is 1. The first kappa shape index (κ1) is 25.8. The molecule has 1 aliphatic rings. The van der Waals surface area contributed by atoms with Crippen molar-refractivity contribution in [2.75, 3.05) is 13.1 Å². The van der Waals surface area contributed by atoms with Gasteiger partial charge in [0, 0.05) is 31.1 Å². The predicted molar refractivity (Wildman–Crippen MR) is 143 cm³/mol. The Morgan fingerprint density at radius 2 is 1.81 bits per heavy atom. The molecule has 1 fully saturated rings. The first-order chi connectivity index (χ1) is 17.5. The largest absolute Gasteiger partial charge is 0.392 e. The molecule has 2 aromatic carbocycles. The number of amides is 1. The lowest BCUT2D eigenvalue weighted by atomic mass is 9.88. The standard InChI is InChI=1S/C30H37N3O3/c1-3-4-5-9-28-31-27(25-12-10-22(2)11-13-25)19-29(35)33(28)20-30(36)32-16-14-24(15-17-32)26-8-6-7-23(18-26)21-34/h6-8,10-13,18-19,24,34H,3-5,9,14-17,20-21H2,1-2H3. The maximum absolute atomic E-state index is 13.2. The van der Waals surface area contributed by atoms with Crippen molar-refractivity contribution in [2.24, 2.45) is 0 Å². The van der Waals surface area contributed by atoms with Gasteiger partial charge in [-0.15, -0.1) is 0 Å². The summed E-state index contributed by atoms with van der Waals surface area (Å²) >= 11 is 0. The van der Waals surface area contributed by atoms with Crippen LogP contribution in [0.3, 0.4) is 0 Å². The second-order valence-electron chi connectivity index (χ2n) is 9.86. The van der Waals surface area contributed by atoms with Crippen LogP contribution >= 0.6 is 0 Å². The molecule has 0 bridgehead atoms. The normalized spacial score (nSPS) is 14.2. The van der Waals surface area contributed by atoms with Crippen LogP contribution in [0.5, 0.6) is 0 Å². The third-order valence-corrected chi connectivity index (χ3v) is 7.18. The van der Waals surface area contributed by atoms with E-state index in [0.29, 0.717) is 36.9 Å². The summed E-state index contributed by atoms with van der Waals surface area (Å²) in [5.41, 5.74) is 4.71. The maximum atomic E-state index is 13.2. The monoisotopic (exact) mass is 487 g/mol. The molecule has 6 heteroatoms. The predicted octanol–water partition coefficient (Wildman–Crippen LogP) is 4.85. The van der Waals surface area contributed by atoms with Crippen LogP contribution < -0.4 is 5.56 Å². The number of likely N-dealkylation sites (tertiary alicyclic amines) is 1. The number of hydrogen-bond donors (Lipinski definition) is 1. The first-order valence-corrected chi connectivity index (χ1v) is 13.1. The van der Waals surface area contributed by atoms with Gasteiger partial charge in [-0.2, -0.15) is 0 Å². The molecular weight excluding hydrogens is 450 g/mol. The van der Waals surface area contributed by atoms with E-state index in [-0.39, 0.29) is 24.6 Å². The van der Waals surface area contributed by atoms with Crippen LogP contribution in [-0.4, -0.2) is 38.6 Å². The summed E-state index contributed by atoms with van der Waals surface area (Å²) in [6.07, 6.45) is 5.51. The summed E-state index contributed by atoms with van der Waals surface area (Å²) in [7, 11) is 0. The Kier molecular flexibility index (Phi) is 8.70. The average Bonchev–Trinajstić information content (AvgIpc) is 2.91. The third kappa shape index (κ3) is 6.30. The zero-order valence-electron chi connectivity index (χ0n) is 21.4. The van der Waals surface area contributed by atoms with Crippen molar-refractivity contribution in [1.29, 1.82) is 0 Å². The van der Waals surface area contributed by atoms with E-state index in [4.69, 9.17) is 4.98 Å². The Balaban J connectivity index is 1.48. The minimum Gasteiger partial charge on any atom is -0.392 e. The Hall–Kier alpha value is -3.25. The molecule has 2 heterocycles. The zero-order valence-corrected chi connectivity index (χ0v) is 21.4. The maximum Gasteiger partial charge on any atom is 0.254 e. The van der Waals surface area contributed by atoms with Gasteiger partial charge in [0.1, 0.15) is 12.4 Å². The van der Waals surface area contributed by atoms with Crippen LogP contribution in [0.25, 0.3) is 11.3 Å². The van der Waals surface area contributed by atoms with Gasteiger partial charge in [-0.1, -0.05) is 73.9 Å². The van der Waals surface area contributed by atoms with E-state index in [1.54, 1.807) is 10.6 Å². The first-order valence-electron chi connectivity index (χ1n) is 13.1. The Labute approximate surface area is 213 Å². The fraction of sp³-hybridized carbons (Fsp3) is 0.433. The van der Waals surface area contributed by atoms with Crippen LogP contribution in [0.15, 0.2) is 59.4 Å². The van der Waals surface area contributed by atoms with E-state index in [2.05, 4.69) is 19.1 Å². The van der Waals surface area contributed by atoms with Crippen molar-refractivity contribution < 1.29 is 9.90 Å². The number of hydrogen-bond acceptors (Lipinski definition) is 4. The number of aliphatic hydroxyl groups excluding tert-OH is 1. The topological polar surface area (TPSA) is 75.4 Å². The minimum absolute atomic E-state index is 0.0266. The van der Waals surface area contributed by atoms with Crippen molar-refractivity contribution in [3.05, 3.63) is 87.5 Å². The van der Waals surface area contributed by atoms with E-state index in [0.717, 1.165) is 48.8 Å². The molecule has 0 saturated carbocycles. The Morgan fingerprint density at radius 3 is 2.50 bits per heavy atom. The molecule has 6 nitrogen and oxygen atoms in total. The van der Waals surface area contributed by atoms with Gasteiger partial charge < -0.3 is 10.0 Å². The van der Waals surface area contributed by atoms with Gasteiger partial charge in [0.25, 0.3) is 5.56 Å². The molecular formula is C30H37N3O3. The summed E-state index contributed by atoms with van der Waals surface area (Å²) < 4.78 is 1.58. The molecule has 0 radical (unpaired) electrons. The van der Waals surface area contributed by atoms with Gasteiger partial charge in [0.2, 0.25) is 5.91 Å². The van der Waals surface area contributed by atoms with E-state index in [1.165, 1.54) is 5.56 Å². The highest BCUT2D eigenvalue weighted by Crippen LogP contribution is 2.29. The number of rotatable bonds is 9. The second-order valence-corrected chi connectivity index (χ2v) is 9.86. The van der Waals surface area contributed by atoms with E-state index in [9.17, 15) is 14.7 Å². The highest BCUT2D eigenvalue weighted by atomic mass is 16.3. The van der Waals surface area contributed by atoms with Gasteiger partial charge in [0.05, 0.1) is 12.3 Å². The fourth-order valence-electron chi connectivity index (χ4n) is 4.96. The number of nitrogens with zero attached hydrogens (tertiary/aromatic N) is 3. The van der Waals surface area contributed by atoms with Crippen molar-refractivity contribution >= 4 is 5.91 Å². The molecule has 4 rings (SSSR count). The molecule has 1 N–H and O–H groups in total. The summed E-state index contributed by atoms with van der Waals surface area (Å²) in [6, 6.07) is 17.6. The SMILES string of the molecule is CCCCCc1nc(-c2ccc(C)cc2)cc(=O)n1CC(=O)N1CCC(c2cccc(CO)c2)CC1. The average molecular weight is 488 g/mol. The number of benzene rings is 2. The molecule has 1 saturated heterocycles. The van der Waals surface area contributed by atoms with Crippen LogP contribution in [0, 0.1) is 6.92 Å². The van der Waals surface area contributed by atoms with Gasteiger partial charge in [-0.05, 0) is 43.2 Å². The number of carbonyl (C=O) groups excluding carboxylic acids is 1. The molecule has 1 aliphatic heterocycles. The smallest absolute Gasteiger partial charge is 0.254 e. The van der Waals surface area contributed by atoms with Gasteiger partial charge in [0.15, 0.2) is 0 Å². The molecule has 190 valence electrons. The molecule has 0 atom stereocenters. The number of unbranched alkanes of at least 4 members (excludes halogenated alkanes) is 2. The molecule has 36 heavy (non-hydrogen) atoms. The summed E-state index contributed by atoms with van der Waals surface area (Å²) in [6.45, 7) is 5.59. The lowest BCUT2D eigenvalue weighted by molar-refractivity contribution is -0.133. The summed E-state index contributed by atoms with van der Waals surface area (Å²) in [4.78, 5) is 33.1. The summed E-state index contributed by atoms with van der Waals surface area (Å²) in [5.74, 6) is 1.04. The molecule has 1 amide bonds. The molecule has 0 aliphatic carbocycles. The lowest BCUT2D eigenvalue weighted by Gasteiger charge is -2.32. The number of aromatic nitrogens is 2.